The molecule has 0 N–H and O–H groups in total. The standard InChI is InChI=1S/C28H26O2/c1-3-21-7-9-25-19-27(13-11-23(25)17-21)29-15-5-6-16-30-28-14-12-24-18-22(4-2)8-10-26(24)20-28/h3-4,7-14,17-20H,1-2,5-6,15-16H2. The van der Waals surface area contributed by atoms with E-state index < -0.39 is 0 Å². The van der Waals surface area contributed by atoms with Gasteiger partial charge in [-0.1, -0.05) is 61.7 Å². The van der Waals surface area contributed by atoms with Crippen molar-refractivity contribution in [1.29, 1.82) is 0 Å². The molecule has 0 aromatic heterocycles. The second kappa shape index (κ2) is 9.32. The molecule has 0 amide bonds. The second-order valence-corrected chi connectivity index (χ2v) is 7.35. The Morgan fingerprint density at radius 1 is 0.533 bits per heavy atom. The highest BCUT2D eigenvalue weighted by Crippen LogP contribution is 2.24. The lowest BCUT2D eigenvalue weighted by atomic mass is 10.1. The summed E-state index contributed by atoms with van der Waals surface area (Å²) in [5, 5.41) is 4.75. The minimum atomic E-state index is 0.682. The molecule has 150 valence electrons. The maximum Gasteiger partial charge on any atom is 0.119 e. The van der Waals surface area contributed by atoms with E-state index in [0.717, 1.165) is 35.5 Å². The van der Waals surface area contributed by atoms with E-state index in [2.05, 4.69) is 73.8 Å². The molecule has 0 aliphatic carbocycles. The van der Waals surface area contributed by atoms with Crippen LogP contribution in [0.25, 0.3) is 33.7 Å². The zero-order chi connectivity index (χ0) is 20.8. The molecular weight excluding hydrogens is 368 g/mol. The number of benzene rings is 4. The van der Waals surface area contributed by atoms with Gasteiger partial charge in [-0.25, -0.2) is 0 Å². The molecule has 4 rings (SSSR count). The quantitative estimate of drug-likeness (QED) is 0.273. The first kappa shape index (κ1) is 19.8. The van der Waals surface area contributed by atoms with E-state index in [1.165, 1.54) is 21.5 Å². The highest BCUT2D eigenvalue weighted by Gasteiger charge is 2.01. The summed E-state index contributed by atoms with van der Waals surface area (Å²) in [4.78, 5) is 0. The molecule has 0 bridgehead atoms. The summed E-state index contributed by atoms with van der Waals surface area (Å²) in [6, 6.07) is 25.0. The van der Waals surface area contributed by atoms with Crippen LogP contribution in [0.3, 0.4) is 0 Å². The molecule has 0 saturated carbocycles. The van der Waals surface area contributed by atoms with E-state index in [0.29, 0.717) is 13.2 Å². The number of hydrogen-bond acceptors (Lipinski definition) is 2. The summed E-state index contributed by atoms with van der Waals surface area (Å²) < 4.78 is 11.8. The molecule has 30 heavy (non-hydrogen) atoms. The lowest BCUT2D eigenvalue weighted by molar-refractivity contribution is 0.267. The summed E-state index contributed by atoms with van der Waals surface area (Å²) in [7, 11) is 0. The highest BCUT2D eigenvalue weighted by atomic mass is 16.5. The van der Waals surface area contributed by atoms with E-state index in [-0.39, 0.29) is 0 Å². The molecule has 0 unspecified atom stereocenters. The Morgan fingerprint density at radius 2 is 0.933 bits per heavy atom. The number of rotatable bonds is 9. The van der Waals surface area contributed by atoms with Crippen molar-refractivity contribution < 1.29 is 9.47 Å². The van der Waals surface area contributed by atoms with Crippen molar-refractivity contribution in [3.63, 3.8) is 0 Å². The fourth-order valence-electron chi connectivity index (χ4n) is 3.50. The largest absolute Gasteiger partial charge is 0.494 e. The van der Waals surface area contributed by atoms with Crippen molar-refractivity contribution in [2.45, 2.75) is 12.8 Å². The van der Waals surface area contributed by atoms with Gasteiger partial charge in [0.05, 0.1) is 13.2 Å². The van der Waals surface area contributed by atoms with Crippen molar-refractivity contribution in [2.24, 2.45) is 0 Å². The summed E-state index contributed by atoms with van der Waals surface area (Å²) >= 11 is 0. The molecule has 2 heteroatoms. The zero-order valence-corrected chi connectivity index (χ0v) is 17.1. The fraction of sp³-hybridized carbons (Fsp3) is 0.143. The molecule has 0 aliphatic rings. The average molecular weight is 395 g/mol. The topological polar surface area (TPSA) is 18.5 Å². The number of hydrogen-bond donors (Lipinski definition) is 0. The van der Waals surface area contributed by atoms with Gasteiger partial charge in [-0.15, -0.1) is 0 Å². The minimum Gasteiger partial charge on any atom is -0.494 e. The summed E-state index contributed by atoms with van der Waals surface area (Å²) in [6.45, 7) is 9.01. The summed E-state index contributed by atoms with van der Waals surface area (Å²) in [5.74, 6) is 1.81. The molecular formula is C28H26O2. The van der Waals surface area contributed by atoms with Gasteiger partial charge in [0, 0.05) is 0 Å². The van der Waals surface area contributed by atoms with Gasteiger partial charge >= 0.3 is 0 Å². The molecule has 4 aromatic rings. The van der Waals surface area contributed by atoms with Crippen molar-refractivity contribution in [3.8, 4) is 11.5 Å². The average Bonchev–Trinajstić information content (AvgIpc) is 2.80. The van der Waals surface area contributed by atoms with Crippen LogP contribution in [0.1, 0.15) is 24.0 Å². The van der Waals surface area contributed by atoms with Gasteiger partial charge in [-0.2, -0.15) is 0 Å². The molecule has 4 aromatic carbocycles. The third-order valence-electron chi connectivity index (χ3n) is 5.22. The maximum atomic E-state index is 5.92. The Labute approximate surface area is 178 Å². The predicted molar refractivity (Wildman–Crippen MR) is 128 cm³/mol. The lowest BCUT2D eigenvalue weighted by Crippen LogP contribution is -2.02. The molecule has 0 aliphatic heterocycles. The van der Waals surface area contributed by atoms with Gasteiger partial charge in [0.25, 0.3) is 0 Å². The number of fused-ring (bicyclic) bond motifs is 2. The second-order valence-electron chi connectivity index (χ2n) is 7.35. The Balaban J connectivity index is 1.23. The third-order valence-corrected chi connectivity index (χ3v) is 5.22. The molecule has 0 fully saturated rings. The molecule has 2 nitrogen and oxygen atoms in total. The van der Waals surface area contributed by atoms with Crippen LogP contribution in [0.4, 0.5) is 0 Å². The smallest absolute Gasteiger partial charge is 0.119 e. The molecule has 0 spiro atoms. The monoisotopic (exact) mass is 394 g/mol. The van der Waals surface area contributed by atoms with E-state index in [9.17, 15) is 0 Å². The van der Waals surface area contributed by atoms with Crippen LogP contribution in [-0.2, 0) is 0 Å². The van der Waals surface area contributed by atoms with Gasteiger partial charge in [0.1, 0.15) is 11.5 Å². The normalized spacial score (nSPS) is 10.8. The number of unbranched alkanes of at least 4 members (excludes halogenated alkanes) is 1. The van der Waals surface area contributed by atoms with E-state index in [1.54, 1.807) is 0 Å². The number of ether oxygens (including phenoxy) is 2. The van der Waals surface area contributed by atoms with Crippen LogP contribution in [0.5, 0.6) is 11.5 Å². The highest BCUT2D eigenvalue weighted by molar-refractivity contribution is 5.86. The zero-order valence-electron chi connectivity index (χ0n) is 17.1. The third kappa shape index (κ3) is 4.72. The van der Waals surface area contributed by atoms with Crippen molar-refractivity contribution in [3.05, 3.63) is 97.1 Å². The van der Waals surface area contributed by atoms with Gasteiger partial charge in [0.15, 0.2) is 0 Å². The van der Waals surface area contributed by atoms with Crippen molar-refractivity contribution in [1.82, 2.24) is 0 Å². The van der Waals surface area contributed by atoms with Crippen LogP contribution in [-0.4, -0.2) is 13.2 Å². The molecule has 0 heterocycles. The SMILES string of the molecule is C=Cc1ccc2cc(OCCCCOc3ccc4cc(C=C)ccc4c3)ccc2c1. The van der Waals surface area contributed by atoms with Crippen molar-refractivity contribution in [2.75, 3.05) is 13.2 Å². The van der Waals surface area contributed by atoms with Crippen LogP contribution in [0.15, 0.2) is 86.0 Å². The molecule has 0 saturated heterocycles. The first-order valence-corrected chi connectivity index (χ1v) is 10.3. The van der Waals surface area contributed by atoms with Crippen LogP contribution >= 0.6 is 0 Å². The van der Waals surface area contributed by atoms with Crippen LogP contribution < -0.4 is 9.47 Å². The summed E-state index contributed by atoms with van der Waals surface area (Å²) in [6.07, 6.45) is 5.62. The minimum absolute atomic E-state index is 0.682. The Hall–Kier alpha value is -3.52. The fourth-order valence-corrected chi connectivity index (χ4v) is 3.50. The first-order chi connectivity index (χ1) is 14.7. The van der Waals surface area contributed by atoms with Gasteiger partial charge in [-0.3, -0.25) is 0 Å². The molecule has 0 atom stereocenters. The van der Waals surface area contributed by atoms with Crippen LogP contribution in [0.2, 0.25) is 0 Å². The predicted octanol–water partition coefficient (Wildman–Crippen LogP) is 7.52. The van der Waals surface area contributed by atoms with E-state index in [1.807, 2.05) is 24.3 Å². The first-order valence-electron chi connectivity index (χ1n) is 10.3. The summed E-state index contributed by atoms with van der Waals surface area (Å²) in [5.41, 5.74) is 2.26. The van der Waals surface area contributed by atoms with Crippen molar-refractivity contribution >= 4 is 33.7 Å². The van der Waals surface area contributed by atoms with Crippen LogP contribution in [0, 0.1) is 0 Å². The van der Waals surface area contributed by atoms with E-state index >= 15 is 0 Å². The Bertz CT molecular complexity index is 1090. The van der Waals surface area contributed by atoms with Gasteiger partial charge in [-0.05, 0) is 81.9 Å². The Kier molecular flexibility index (Phi) is 6.14. The maximum absolute atomic E-state index is 5.92. The Morgan fingerprint density at radius 3 is 1.37 bits per heavy atom. The lowest BCUT2D eigenvalue weighted by Gasteiger charge is -2.09. The van der Waals surface area contributed by atoms with Gasteiger partial charge in [0.2, 0.25) is 0 Å². The van der Waals surface area contributed by atoms with E-state index in [4.69, 9.17) is 9.47 Å². The molecule has 0 radical (unpaired) electrons. The van der Waals surface area contributed by atoms with Gasteiger partial charge < -0.3 is 9.47 Å².